The number of hydrogen-bond acceptors (Lipinski definition) is 3. The predicted octanol–water partition coefficient (Wildman–Crippen LogP) is 1.95. The fraction of sp³-hybridized carbons (Fsp3) is 0.100. The van der Waals surface area contributed by atoms with Crippen molar-refractivity contribution < 1.29 is 9.47 Å². The summed E-state index contributed by atoms with van der Waals surface area (Å²) in [6.07, 6.45) is 3.15. The first kappa shape index (κ1) is 7.69. The molecule has 0 unspecified atom stereocenters. The number of rotatable bonds is 1. The highest BCUT2D eigenvalue weighted by Gasteiger charge is 2.11. The van der Waals surface area contributed by atoms with Crippen molar-refractivity contribution in [1.82, 2.24) is 0 Å². The Balaban J connectivity index is 2.32. The van der Waals surface area contributed by atoms with Crippen LogP contribution >= 0.6 is 0 Å². The maximum atomic E-state index is 8.33. The zero-order valence-electron chi connectivity index (χ0n) is 6.86. The highest BCUT2D eigenvalue weighted by Crippen LogP contribution is 2.32. The number of nitriles is 1. The third-order valence-electron chi connectivity index (χ3n) is 1.75. The van der Waals surface area contributed by atoms with Crippen LogP contribution in [0.25, 0.3) is 6.08 Å². The van der Waals surface area contributed by atoms with Crippen molar-refractivity contribution in [1.29, 1.82) is 5.26 Å². The molecule has 1 heterocycles. The number of fused-ring (bicyclic) bond motifs is 1. The lowest BCUT2D eigenvalue weighted by atomic mass is 10.2. The average Bonchev–Trinajstić information content (AvgIpc) is 2.61. The zero-order valence-corrected chi connectivity index (χ0v) is 6.86. The van der Waals surface area contributed by atoms with Crippen LogP contribution in [-0.2, 0) is 0 Å². The Labute approximate surface area is 75.8 Å². The lowest BCUT2D eigenvalue weighted by Gasteiger charge is -1.96. The van der Waals surface area contributed by atoms with E-state index in [4.69, 9.17) is 14.7 Å². The second kappa shape index (κ2) is 3.20. The van der Waals surface area contributed by atoms with Crippen LogP contribution in [0.5, 0.6) is 11.5 Å². The standard InChI is InChI=1S/C10H7NO2/c11-5-1-2-8-3-4-9-10(6-8)13-7-12-9/h1-4,6H,7H2/b2-1+. The monoisotopic (exact) mass is 173 g/mol. The van der Waals surface area contributed by atoms with Gasteiger partial charge in [0.1, 0.15) is 0 Å². The maximum Gasteiger partial charge on any atom is 0.231 e. The number of benzene rings is 1. The van der Waals surface area contributed by atoms with Crippen molar-refractivity contribution in [2.75, 3.05) is 6.79 Å². The Morgan fingerprint density at radius 1 is 1.31 bits per heavy atom. The zero-order chi connectivity index (χ0) is 9.10. The number of allylic oxidation sites excluding steroid dienone is 1. The molecule has 3 heteroatoms. The van der Waals surface area contributed by atoms with Crippen LogP contribution in [0.4, 0.5) is 0 Å². The van der Waals surface area contributed by atoms with Crippen molar-refractivity contribution >= 4 is 6.08 Å². The summed E-state index contributed by atoms with van der Waals surface area (Å²) < 4.78 is 10.3. The van der Waals surface area contributed by atoms with Gasteiger partial charge in [-0.3, -0.25) is 0 Å². The lowest BCUT2D eigenvalue weighted by molar-refractivity contribution is 0.174. The van der Waals surface area contributed by atoms with Crippen LogP contribution in [-0.4, -0.2) is 6.79 Å². The third-order valence-corrected chi connectivity index (χ3v) is 1.75. The summed E-state index contributed by atoms with van der Waals surface area (Å²) in [6, 6.07) is 7.48. The van der Waals surface area contributed by atoms with E-state index < -0.39 is 0 Å². The molecule has 64 valence electrons. The predicted molar refractivity (Wildman–Crippen MR) is 47.2 cm³/mol. The molecule has 0 spiro atoms. The van der Waals surface area contributed by atoms with E-state index in [0.717, 1.165) is 17.1 Å². The first-order chi connectivity index (χ1) is 6.40. The highest BCUT2D eigenvalue weighted by atomic mass is 16.7. The van der Waals surface area contributed by atoms with E-state index in [9.17, 15) is 0 Å². The van der Waals surface area contributed by atoms with Crippen LogP contribution in [0.15, 0.2) is 24.3 Å². The first-order valence-corrected chi connectivity index (χ1v) is 3.86. The van der Waals surface area contributed by atoms with Gasteiger partial charge in [-0.05, 0) is 23.8 Å². The molecule has 1 aromatic rings. The van der Waals surface area contributed by atoms with Gasteiger partial charge in [0.05, 0.1) is 6.07 Å². The van der Waals surface area contributed by atoms with Crippen LogP contribution in [0.1, 0.15) is 5.56 Å². The van der Waals surface area contributed by atoms with Crippen molar-refractivity contribution in [2.45, 2.75) is 0 Å². The third kappa shape index (κ3) is 1.47. The molecule has 1 aliphatic heterocycles. The van der Waals surface area contributed by atoms with Crippen molar-refractivity contribution in [2.24, 2.45) is 0 Å². The summed E-state index contributed by atoms with van der Waals surface area (Å²) in [5.74, 6) is 1.49. The van der Waals surface area contributed by atoms with Crippen molar-refractivity contribution in [3.8, 4) is 17.6 Å². The molecule has 0 N–H and O–H groups in total. The number of nitrogens with zero attached hydrogens (tertiary/aromatic N) is 1. The second-order valence-corrected chi connectivity index (χ2v) is 2.58. The molecular weight excluding hydrogens is 166 g/mol. The summed E-state index contributed by atoms with van der Waals surface area (Å²) in [5.41, 5.74) is 0.936. The van der Waals surface area contributed by atoms with E-state index in [2.05, 4.69) is 0 Å². The quantitative estimate of drug-likeness (QED) is 0.609. The lowest BCUT2D eigenvalue weighted by Crippen LogP contribution is -1.92. The largest absolute Gasteiger partial charge is 0.454 e. The summed E-state index contributed by atoms with van der Waals surface area (Å²) >= 11 is 0. The van der Waals surface area contributed by atoms with E-state index in [-0.39, 0.29) is 6.79 Å². The van der Waals surface area contributed by atoms with Crippen molar-refractivity contribution in [3.63, 3.8) is 0 Å². The Morgan fingerprint density at radius 2 is 2.15 bits per heavy atom. The fourth-order valence-corrected chi connectivity index (χ4v) is 1.15. The molecule has 3 nitrogen and oxygen atoms in total. The van der Waals surface area contributed by atoms with E-state index in [0.29, 0.717) is 0 Å². The summed E-state index contributed by atoms with van der Waals surface area (Å²) in [6.45, 7) is 0.279. The molecule has 1 aromatic carbocycles. The summed E-state index contributed by atoms with van der Waals surface area (Å²) in [7, 11) is 0. The molecule has 0 fully saturated rings. The Kier molecular flexibility index (Phi) is 1.89. The van der Waals surface area contributed by atoms with E-state index in [1.54, 1.807) is 6.08 Å². The molecule has 0 atom stereocenters. The van der Waals surface area contributed by atoms with E-state index >= 15 is 0 Å². The van der Waals surface area contributed by atoms with Crippen LogP contribution in [0, 0.1) is 11.3 Å². The molecule has 0 bridgehead atoms. The fourth-order valence-electron chi connectivity index (χ4n) is 1.15. The van der Waals surface area contributed by atoms with Crippen LogP contribution in [0.3, 0.4) is 0 Å². The molecule has 0 amide bonds. The number of hydrogen-bond donors (Lipinski definition) is 0. The molecular formula is C10H7NO2. The van der Waals surface area contributed by atoms with Crippen LogP contribution < -0.4 is 9.47 Å². The average molecular weight is 173 g/mol. The van der Waals surface area contributed by atoms with Gasteiger partial charge in [-0.15, -0.1) is 0 Å². The van der Waals surface area contributed by atoms with Gasteiger partial charge >= 0.3 is 0 Å². The van der Waals surface area contributed by atoms with Gasteiger partial charge in [0.15, 0.2) is 11.5 Å². The molecule has 0 aromatic heterocycles. The van der Waals surface area contributed by atoms with Gasteiger partial charge in [-0.2, -0.15) is 5.26 Å². The summed E-state index contributed by atoms with van der Waals surface area (Å²) in [5, 5.41) is 8.33. The summed E-state index contributed by atoms with van der Waals surface area (Å²) in [4.78, 5) is 0. The van der Waals surface area contributed by atoms with E-state index in [1.807, 2.05) is 24.3 Å². The van der Waals surface area contributed by atoms with E-state index in [1.165, 1.54) is 6.08 Å². The molecule has 0 saturated carbocycles. The Hall–Kier alpha value is -1.95. The first-order valence-electron chi connectivity index (χ1n) is 3.86. The van der Waals surface area contributed by atoms with Gasteiger partial charge in [-0.1, -0.05) is 6.07 Å². The SMILES string of the molecule is N#C/C=C/c1ccc2c(c1)OCO2. The molecule has 1 aliphatic rings. The molecule has 13 heavy (non-hydrogen) atoms. The van der Waals surface area contributed by atoms with Gasteiger partial charge in [0.25, 0.3) is 0 Å². The molecule has 0 radical (unpaired) electrons. The van der Waals surface area contributed by atoms with Gasteiger partial charge in [0, 0.05) is 6.08 Å². The number of ether oxygens (including phenoxy) is 2. The van der Waals surface area contributed by atoms with Gasteiger partial charge in [0.2, 0.25) is 6.79 Å². The normalized spacial score (nSPS) is 13.2. The minimum Gasteiger partial charge on any atom is -0.454 e. The topological polar surface area (TPSA) is 42.2 Å². The maximum absolute atomic E-state index is 8.33. The highest BCUT2D eigenvalue weighted by molar-refractivity contribution is 5.57. The Morgan fingerprint density at radius 3 is 3.00 bits per heavy atom. The van der Waals surface area contributed by atoms with Crippen LogP contribution in [0.2, 0.25) is 0 Å². The second-order valence-electron chi connectivity index (χ2n) is 2.58. The molecule has 0 saturated heterocycles. The smallest absolute Gasteiger partial charge is 0.231 e. The van der Waals surface area contributed by atoms with Gasteiger partial charge in [-0.25, -0.2) is 0 Å². The van der Waals surface area contributed by atoms with Crippen molar-refractivity contribution in [3.05, 3.63) is 29.8 Å². The minimum absolute atomic E-state index is 0.279. The van der Waals surface area contributed by atoms with Gasteiger partial charge < -0.3 is 9.47 Å². The minimum atomic E-state index is 0.279. The molecule has 0 aliphatic carbocycles. The molecule has 2 rings (SSSR count). The Bertz CT molecular complexity index is 390.